The average Bonchev–Trinajstić information content (AvgIpc) is 2.79. The molecule has 3 heteroatoms. The molecule has 0 fully saturated rings. The summed E-state index contributed by atoms with van der Waals surface area (Å²) >= 11 is 1.78. The zero-order valence-electron chi connectivity index (χ0n) is 13.2. The third-order valence-electron chi connectivity index (χ3n) is 3.61. The van der Waals surface area contributed by atoms with Crippen molar-refractivity contribution in [2.75, 3.05) is 7.05 Å². The molecule has 108 valence electrons. The molecule has 0 aliphatic carbocycles. The van der Waals surface area contributed by atoms with E-state index in [1.165, 1.54) is 16.0 Å². The maximum atomic E-state index is 4.72. The summed E-state index contributed by atoms with van der Waals surface area (Å²) in [4.78, 5) is 6.03. The van der Waals surface area contributed by atoms with Crippen LogP contribution in [0.3, 0.4) is 0 Å². The quantitative estimate of drug-likeness (QED) is 0.885. The first-order valence-corrected chi connectivity index (χ1v) is 7.90. The van der Waals surface area contributed by atoms with Gasteiger partial charge in [0.05, 0.1) is 10.7 Å². The molecule has 0 amide bonds. The molecular weight excluding hydrogens is 264 g/mol. The van der Waals surface area contributed by atoms with E-state index in [0.29, 0.717) is 6.04 Å². The molecule has 1 unspecified atom stereocenters. The number of hydrogen-bond acceptors (Lipinski definition) is 3. The van der Waals surface area contributed by atoms with Gasteiger partial charge in [0, 0.05) is 16.5 Å². The Balaban J connectivity index is 2.42. The van der Waals surface area contributed by atoms with Gasteiger partial charge >= 0.3 is 0 Å². The summed E-state index contributed by atoms with van der Waals surface area (Å²) < 4.78 is 0. The van der Waals surface area contributed by atoms with E-state index in [1.807, 2.05) is 7.05 Å². The second-order valence-corrected chi connectivity index (χ2v) is 7.52. The van der Waals surface area contributed by atoms with Crippen LogP contribution in [0.2, 0.25) is 0 Å². The minimum absolute atomic E-state index is 0.192. The van der Waals surface area contributed by atoms with Crippen LogP contribution in [0.5, 0.6) is 0 Å². The van der Waals surface area contributed by atoms with Crippen LogP contribution < -0.4 is 5.32 Å². The van der Waals surface area contributed by atoms with Crippen LogP contribution in [0.25, 0.3) is 11.3 Å². The summed E-state index contributed by atoms with van der Waals surface area (Å²) in [6.45, 7) is 11.0. The fourth-order valence-electron chi connectivity index (χ4n) is 2.20. The van der Waals surface area contributed by atoms with Gasteiger partial charge in [-0.25, -0.2) is 4.98 Å². The molecule has 1 atom stereocenters. The van der Waals surface area contributed by atoms with Crippen LogP contribution in [0.1, 0.15) is 49.2 Å². The summed E-state index contributed by atoms with van der Waals surface area (Å²) in [7, 11) is 1.99. The molecule has 0 aliphatic rings. The lowest BCUT2D eigenvalue weighted by molar-refractivity contribution is 0.590. The zero-order chi connectivity index (χ0) is 14.9. The Morgan fingerprint density at radius 2 is 1.75 bits per heavy atom. The van der Waals surface area contributed by atoms with Crippen LogP contribution in [0.15, 0.2) is 24.3 Å². The molecule has 0 saturated heterocycles. The standard InChI is InChI=1S/C17H24N2S/c1-11(18-6)16-15(19-12(2)20-16)13-7-9-14(10-8-13)17(3,4)5/h7-11,18H,1-6H3. The molecule has 2 nitrogen and oxygen atoms in total. The van der Waals surface area contributed by atoms with E-state index in [0.717, 1.165) is 10.7 Å². The van der Waals surface area contributed by atoms with Crippen molar-refractivity contribution in [3.63, 3.8) is 0 Å². The van der Waals surface area contributed by atoms with E-state index >= 15 is 0 Å². The third kappa shape index (κ3) is 3.10. The van der Waals surface area contributed by atoms with E-state index in [9.17, 15) is 0 Å². The molecule has 2 aromatic rings. The fraction of sp³-hybridized carbons (Fsp3) is 0.471. The molecule has 2 rings (SSSR count). The number of hydrogen-bond donors (Lipinski definition) is 1. The largest absolute Gasteiger partial charge is 0.312 e. The Bertz CT molecular complexity index is 576. The van der Waals surface area contributed by atoms with Crippen molar-refractivity contribution >= 4 is 11.3 Å². The summed E-state index contributed by atoms with van der Waals surface area (Å²) in [6, 6.07) is 9.16. The molecule has 20 heavy (non-hydrogen) atoms. The predicted octanol–water partition coefficient (Wildman–Crippen LogP) is 4.70. The minimum Gasteiger partial charge on any atom is -0.312 e. The summed E-state index contributed by atoms with van der Waals surface area (Å²) in [6.07, 6.45) is 0. The van der Waals surface area contributed by atoms with Crippen LogP contribution in [-0.2, 0) is 5.41 Å². The third-order valence-corrected chi connectivity index (χ3v) is 4.76. The number of nitrogens with one attached hydrogen (secondary N) is 1. The molecule has 1 heterocycles. The Kier molecular flexibility index (Phi) is 4.31. The molecule has 0 bridgehead atoms. The molecule has 1 N–H and O–H groups in total. The van der Waals surface area contributed by atoms with E-state index in [2.05, 4.69) is 64.2 Å². The van der Waals surface area contributed by atoms with Gasteiger partial charge in [0.25, 0.3) is 0 Å². The number of nitrogens with zero attached hydrogens (tertiary/aromatic N) is 1. The predicted molar refractivity (Wildman–Crippen MR) is 88.5 cm³/mol. The van der Waals surface area contributed by atoms with Crippen LogP contribution >= 0.6 is 11.3 Å². The number of benzene rings is 1. The number of aromatic nitrogens is 1. The number of aryl methyl sites for hydroxylation is 1. The van der Waals surface area contributed by atoms with Gasteiger partial charge in [0.2, 0.25) is 0 Å². The van der Waals surface area contributed by atoms with E-state index in [-0.39, 0.29) is 5.41 Å². The molecular formula is C17H24N2S. The molecule has 1 aromatic heterocycles. The van der Waals surface area contributed by atoms with Crippen LogP contribution in [0.4, 0.5) is 0 Å². The lowest BCUT2D eigenvalue weighted by Crippen LogP contribution is -2.12. The lowest BCUT2D eigenvalue weighted by Gasteiger charge is -2.19. The Hall–Kier alpha value is -1.19. The van der Waals surface area contributed by atoms with Gasteiger partial charge < -0.3 is 5.32 Å². The van der Waals surface area contributed by atoms with Crippen molar-refractivity contribution in [2.45, 2.75) is 46.1 Å². The van der Waals surface area contributed by atoms with Gasteiger partial charge in [-0.2, -0.15) is 0 Å². The van der Waals surface area contributed by atoms with Gasteiger partial charge in [0.1, 0.15) is 0 Å². The number of rotatable bonds is 3. The smallest absolute Gasteiger partial charge is 0.0905 e. The van der Waals surface area contributed by atoms with Gasteiger partial charge in [-0.15, -0.1) is 11.3 Å². The summed E-state index contributed by atoms with van der Waals surface area (Å²) in [5.41, 5.74) is 3.88. The topological polar surface area (TPSA) is 24.9 Å². The van der Waals surface area contributed by atoms with Crippen LogP contribution in [0, 0.1) is 6.92 Å². The van der Waals surface area contributed by atoms with Crippen molar-refractivity contribution in [3.8, 4) is 11.3 Å². The van der Waals surface area contributed by atoms with Gasteiger partial charge in [-0.3, -0.25) is 0 Å². The first kappa shape index (κ1) is 15.2. The van der Waals surface area contributed by atoms with Gasteiger partial charge in [0.15, 0.2) is 0 Å². The SMILES string of the molecule is CNC(C)c1sc(C)nc1-c1ccc(C(C)(C)C)cc1. The highest BCUT2D eigenvalue weighted by Gasteiger charge is 2.17. The average molecular weight is 288 g/mol. The summed E-state index contributed by atoms with van der Waals surface area (Å²) in [5, 5.41) is 4.43. The Labute approximate surface area is 126 Å². The van der Waals surface area contributed by atoms with E-state index in [4.69, 9.17) is 4.98 Å². The minimum atomic E-state index is 0.192. The second kappa shape index (κ2) is 5.66. The van der Waals surface area contributed by atoms with Gasteiger partial charge in [-0.05, 0) is 31.9 Å². The van der Waals surface area contributed by atoms with E-state index in [1.54, 1.807) is 11.3 Å². The Morgan fingerprint density at radius 1 is 1.15 bits per heavy atom. The first-order chi connectivity index (χ1) is 9.32. The Morgan fingerprint density at radius 3 is 2.25 bits per heavy atom. The highest BCUT2D eigenvalue weighted by molar-refractivity contribution is 7.12. The molecule has 0 radical (unpaired) electrons. The van der Waals surface area contributed by atoms with Crippen LogP contribution in [-0.4, -0.2) is 12.0 Å². The maximum absolute atomic E-state index is 4.72. The van der Waals surface area contributed by atoms with Crippen molar-refractivity contribution in [2.24, 2.45) is 0 Å². The maximum Gasteiger partial charge on any atom is 0.0905 e. The fourth-order valence-corrected chi connectivity index (χ4v) is 3.21. The molecule has 0 aliphatic heterocycles. The summed E-state index contributed by atoms with van der Waals surface area (Å²) in [5.74, 6) is 0. The monoisotopic (exact) mass is 288 g/mol. The van der Waals surface area contributed by atoms with Crippen molar-refractivity contribution in [1.82, 2.24) is 10.3 Å². The van der Waals surface area contributed by atoms with E-state index < -0.39 is 0 Å². The molecule has 0 spiro atoms. The molecule has 1 aromatic carbocycles. The second-order valence-electron chi connectivity index (χ2n) is 6.28. The van der Waals surface area contributed by atoms with Crippen molar-refractivity contribution < 1.29 is 0 Å². The normalized spacial score (nSPS) is 13.5. The molecule has 0 saturated carbocycles. The number of thiazole rings is 1. The van der Waals surface area contributed by atoms with Crippen molar-refractivity contribution in [3.05, 3.63) is 39.7 Å². The van der Waals surface area contributed by atoms with Gasteiger partial charge in [-0.1, -0.05) is 45.0 Å². The highest BCUT2D eigenvalue weighted by atomic mass is 32.1. The highest BCUT2D eigenvalue weighted by Crippen LogP contribution is 2.33. The lowest BCUT2D eigenvalue weighted by atomic mass is 9.86. The van der Waals surface area contributed by atoms with Crippen molar-refractivity contribution in [1.29, 1.82) is 0 Å². The first-order valence-electron chi connectivity index (χ1n) is 7.08. The zero-order valence-corrected chi connectivity index (χ0v) is 14.1.